The zero-order valence-corrected chi connectivity index (χ0v) is 27.3. The highest BCUT2D eigenvalue weighted by atomic mass is 14.2. The Balaban J connectivity index is 1.31. The minimum atomic E-state index is 1.22. The number of benzene rings is 11. The van der Waals surface area contributed by atoms with Gasteiger partial charge in [0.05, 0.1) is 0 Å². The maximum Gasteiger partial charge on any atom is -0.00199 e. The molecule has 0 heterocycles. The fourth-order valence-corrected chi connectivity index (χ4v) is 8.70. The molecule has 0 radical (unpaired) electrons. The second-order valence-corrected chi connectivity index (χ2v) is 13.6. The van der Waals surface area contributed by atoms with Crippen molar-refractivity contribution in [3.63, 3.8) is 0 Å². The van der Waals surface area contributed by atoms with E-state index in [1.165, 1.54) is 109 Å². The van der Waals surface area contributed by atoms with Gasteiger partial charge in [-0.15, -0.1) is 0 Å². The summed E-state index contributed by atoms with van der Waals surface area (Å²) in [6, 6.07) is 67.8. The molecule has 0 amide bonds. The van der Waals surface area contributed by atoms with Crippen LogP contribution in [0.3, 0.4) is 0 Å². The van der Waals surface area contributed by atoms with Gasteiger partial charge in [0.1, 0.15) is 0 Å². The third-order valence-corrected chi connectivity index (χ3v) is 11.0. The van der Waals surface area contributed by atoms with Crippen molar-refractivity contribution in [1.29, 1.82) is 0 Å². The van der Waals surface area contributed by atoms with E-state index in [9.17, 15) is 0 Å². The summed E-state index contributed by atoms with van der Waals surface area (Å²) in [5.74, 6) is 0. The number of fused-ring (bicyclic) bond motifs is 4. The van der Waals surface area contributed by atoms with E-state index in [0.717, 1.165) is 0 Å². The molecule has 0 aliphatic carbocycles. The lowest BCUT2D eigenvalue weighted by Crippen LogP contribution is -1.94. The van der Waals surface area contributed by atoms with Gasteiger partial charge < -0.3 is 0 Å². The van der Waals surface area contributed by atoms with Crippen molar-refractivity contribution >= 4 is 75.4 Å². The lowest BCUT2D eigenvalue weighted by atomic mass is 9.82. The average molecular weight is 631 g/mol. The molecule has 11 aromatic rings. The van der Waals surface area contributed by atoms with Gasteiger partial charge in [-0.1, -0.05) is 170 Å². The molecule has 0 N–H and O–H groups in total. The largest absolute Gasteiger partial charge is 0.0616 e. The van der Waals surface area contributed by atoms with Crippen LogP contribution in [0.4, 0.5) is 0 Å². The topological polar surface area (TPSA) is 0 Å². The zero-order chi connectivity index (χ0) is 32.8. The standard InChI is InChI=1S/C50H30/c1-2-11-36-29-37(22-19-31(36)9-1)38-25-28-45-46(30-38)50(44-27-24-35-21-20-33-13-7-14-34-23-26-43(44)48(35)47(33)34)42-17-6-5-16-41(42)49(45)40-18-8-12-32-10-3-4-15-39(32)40/h1-30H. The monoisotopic (exact) mass is 630 g/mol. The predicted molar refractivity (Wildman–Crippen MR) is 216 cm³/mol. The Bertz CT molecular complexity index is 3120. The molecule has 0 bridgehead atoms. The zero-order valence-electron chi connectivity index (χ0n) is 27.3. The van der Waals surface area contributed by atoms with E-state index in [1.807, 2.05) is 0 Å². The summed E-state index contributed by atoms with van der Waals surface area (Å²) in [5, 5.41) is 18.0. The molecule has 0 aliphatic heterocycles. The fourth-order valence-electron chi connectivity index (χ4n) is 8.70. The molecule has 0 fully saturated rings. The highest BCUT2D eigenvalue weighted by Crippen LogP contribution is 2.49. The summed E-state index contributed by atoms with van der Waals surface area (Å²) in [6.45, 7) is 0. The van der Waals surface area contributed by atoms with Crippen LogP contribution in [-0.4, -0.2) is 0 Å². The predicted octanol–water partition coefficient (Wildman–Crippen LogP) is 14.2. The Hall–Kier alpha value is -6.50. The van der Waals surface area contributed by atoms with Crippen molar-refractivity contribution in [2.75, 3.05) is 0 Å². The summed E-state index contributed by atoms with van der Waals surface area (Å²) in [7, 11) is 0. The summed E-state index contributed by atoms with van der Waals surface area (Å²) in [4.78, 5) is 0. The van der Waals surface area contributed by atoms with Gasteiger partial charge in [0.2, 0.25) is 0 Å². The van der Waals surface area contributed by atoms with E-state index in [2.05, 4.69) is 182 Å². The second-order valence-electron chi connectivity index (χ2n) is 13.6. The van der Waals surface area contributed by atoms with E-state index in [1.54, 1.807) is 0 Å². The Kier molecular flexibility index (Phi) is 5.76. The van der Waals surface area contributed by atoms with Crippen LogP contribution in [0.5, 0.6) is 0 Å². The molecule has 0 aromatic heterocycles. The van der Waals surface area contributed by atoms with Crippen LogP contribution in [0.15, 0.2) is 182 Å². The van der Waals surface area contributed by atoms with Gasteiger partial charge in [-0.2, -0.15) is 0 Å². The van der Waals surface area contributed by atoms with Crippen molar-refractivity contribution in [2.45, 2.75) is 0 Å². The minimum absolute atomic E-state index is 1.22. The molecule has 11 rings (SSSR count). The molecule has 0 nitrogen and oxygen atoms in total. The molecule has 50 heavy (non-hydrogen) atoms. The minimum Gasteiger partial charge on any atom is -0.0616 e. The summed E-state index contributed by atoms with van der Waals surface area (Å²) in [5.41, 5.74) is 7.58. The van der Waals surface area contributed by atoms with Crippen molar-refractivity contribution in [3.05, 3.63) is 182 Å². The fraction of sp³-hybridized carbons (Fsp3) is 0. The Morgan fingerprint density at radius 2 is 0.700 bits per heavy atom. The normalized spacial score (nSPS) is 12.0. The molecular weight excluding hydrogens is 601 g/mol. The maximum atomic E-state index is 2.45. The Labute approximate surface area is 289 Å². The van der Waals surface area contributed by atoms with E-state index in [4.69, 9.17) is 0 Å². The van der Waals surface area contributed by atoms with Gasteiger partial charge in [0.15, 0.2) is 0 Å². The summed E-state index contributed by atoms with van der Waals surface area (Å²) >= 11 is 0. The third kappa shape index (κ3) is 3.94. The van der Waals surface area contributed by atoms with Crippen LogP contribution >= 0.6 is 0 Å². The first-order valence-electron chi connectivity index (χ1n) is 17.4. The molecule has 0 saturated heterocycles. The molecule has 0 atom stereocenters. The Morgan fingerprint density at radius 3 is 1.52 bits per heavy atom. The van der Waals surface area contributed by atoms with Gasteiger partial charge in [0.25, 0.3) is 0 Å². The first-order chi connectivity index (χ1) is 24.8. The summed E-state index contributed by atoms with van der Waals surface area (Å²) in [6.07, 6.45) is 0. The van der Waals surface area contributed by atoms with Crippen molar-refractivity contribution < 1.29 is 0 Å². The molecule has 0 spiro atoms. The van der Waals surface area contributed by atoms with Crippen molar-refractivity contribution in [1.82, 2.24) is 0 Å². The van der Waals surface area contributed by atoms with Gasteiger partial charge in [-0.3, -0.25) is 0 Å². The molecule has 230 valence electrons. The van der Waals surface area contributed by atoms with Crippen LogP contribution in [0.25, 0.3) is 109 Å². The first kappa shape index (κ1) is 27.5. The lowest BCUT2D eigenvalue weighted by molar-refractivity contribution is 1.66. The van der Waals surface area contributed by atoms with E-state index in [-0.39, 0.29) is 0 Å². The van der Waals surface area contributed by atoms with Crippen molar-refractivity contribution in [2.24, 2.45) is 0 Å². The van der Waals surface area contributed by atoms with Crippen molar-refractivity contribution in [3.8, 4) is 33.4 Å². The van der Waals surface area contributed by atoms with E-state index in [0.29, 0.717) is 0 Å². The molecule has 0 saturated carbocycles. The van der Waals surface area contributed by atoms with Crippen LogP contribution in [-0.2, 0) is 0 Å². The van der Waals surface area contributed by atoms with Crippen LogP contribution < -0.4 is 0 Å². The molecule has 0 heteroatoms. The number of hydrogen-bond donors (Lipinski definition) is 0. The maximum absolute atomic E-state index is 2.45. The quantitative estimate of drug-likeness (QED) is 0.135. The van der Waals surface area contributed by atoms with Crippen LogP contribution in [0.2, 0.25) is 0 Å². The van der Waals surface area contributed by atoms with Gasteiger partial charge in [-0.05, 0) is 121 Å². The molecule has 0 unspecified atom stereocenters. The SMILES string of the molecule is c1ccc2cc(-c3ccc4c(-c5cccc6ccccc56)c5ccccc5c(-c5ccc6ccc7cccc8ccc5c6c78)c4c3)ccc2c1. The number of hydrogen-bond acceptors (Lipinski definition) is 0. The molecular formula is C50H30. The summed E-state index contributed by atoms with van der Waals surface area (Å²) < 4.78 is 0. The average Bonchev–Trinajstić information content (AvgIpc) is 3.18. The van der Waals surface area contributed by atoms with Gasteiger partial charge in [0, 0.05) is 0 Å². The van der Waals surface area contributed by atoms with E-state index < -0.39 is 0 Å². The van der Waals surface area contributed by atoms with Gasteiger partial charge in [-0.25, -0.2) is 0 Å². The first-order valence-corrected chi connectivity index (χ1v) is 17.4. The lowest BCUT2D eigenvalue weighted by Gasteiger charge is -2.21. The van der Waals surface area contributed by atoms with Crippen LogP contribution in [0.1, 0.15) is 0 Å². The number of rotatable bonds is 3. The molecule has 11 aromatic carbocycles. The Morgan fingerprint density at radius 1 is 0.220 bits per heavy atom. The highest BCUT2D eigenvalue weighted by molar-refractivity contribution is 6.30. The third-order valence-electron chi connectivity index (χ3n) is 11.0. The van der Waals surface area contributed by atoms with E-state index >= 15 is 0 Å². The highest BCUT2D eigenvalue weighted by Gasteiger charge is 2.21. The van der Waals surface area contributed by atoms with Gasteiger partial charge >= 0.3 is 0 Å². The molecule has 0 aliphatic rings. The van der Waals surface area contributed by atoms with Crippen LogP contribution in [0, 0.1) is 0 Å². The second kappa shape index (κ2) is 10.5. The smallest absolute Gasteiger partial charge is 0.00199 e.